The van der Waals surface area contributed by atoms with Crippen molar-refractivity contribution in [3.8, 4) is 0 Å². The minimum atomic E-state index is -5.10. The average molecular weight is 543 g/mol. The molecule has 9 nitrogen and oxygen atoms in total. The van der Waals surface area contributed by atoms with E-state index in [2.05, 4.69) is 5.32 Å². The van der Waals surface area contributed by atoms with Gasteiger partial charge < -0.3 is 15.6 Å². The predicted molar refractivity (Wildman–Crippen MR) is 125 cm³/mol. The van der Waals surface area contributed by atoms with E-state index in [1.54, 1.807) is 12.1 Å². The summed E-state index contributed by atoms with van der Waals surface area (Å²) in [6.45, 7) is 0. The molecule has 0 amide bonds. The third-order valence-electron chi connectivity index (χ3n) is 5.31. The van der Waals surface area contributed by atoms with Gasteiger partial charge in [0.25, 0.3) is 0 Å². The van der Waals surface area contributed by atoms with Crippen molar-refractivity contribution in [3.63, 3.8) is 0 Å². The molecule has 0 heterocycles. The number of hydrogen-bond donors (Lipinski definition) is 2. The quantitative estimate of drug-likeness (QED) is 0.144. The van der Waals surface area contributed by atoms with Crippen molar-refractivity contribution in [1.29, 1.82) is 0 Å². The van der Waals surface area contributed by atoms with Gasteiger partial charge in [-0.25, -0.2) is 16.8 Å². The number of hydrogen-bond acceptors (Lipinski definition) is 9. The molecule has 0 aliphatic heterocycles. The average Bonchev–Trinajstić information content (AvgIpc) is 2.78. The van der Waals surface area contributed by atoms with Gasteiger partial charge in [-0.15, -0.1) is 11.6 Å². The van der Waals surface area contributed by atoms with Crippen LogP contribution in [0.3, 0.4) is 0 Å². The Labute approximate surface area is 228 Å². The summed E-state index contributed by atoms with van der Waals surface area (Å²) >= 11 is 5.53. The molecule has 4 rings (SSSR count). The van der Waals surface area contributed by atoms with Gasteiger partial charge in [0, 0.05) is 22.7 Å². The summed E-state index contributed by atoms with van der Waals surface area (Å²) in [6, 6.07) is 12.3. The van der Waals surface area contributed by atoms with E-state index < -0.39 is 42.1 Å². The van der Waals surface area contributed by atoms with Gasteiger partial charge in [0.15, 0.2) is 21.4 Å². The van der Waals surface area contributed by atoms with Crippen LogP contribution in [0.1, 0.15) is 31.8 Å². The van der Waals surface area contributed by atoms with Crippen molar-refractivity contribution >= 4 is 60.2 Å². The summed E-state index contributed by atoms with van der Waals surface area (Å²) in [6.07, 6.45) is 0. The zero-order valence-corrected chi connectivity index (χ0v) is 22.6. The van der Waals surface area contributed by atoms with Crippen LogP contribution in [0.4, 0.5) is 17.1 Å². The minimum Gasteiger partial charge on any atom is -0.744 e. The van der Waals surface area contributed by atoms with E-state index >= 15 is 0 Å². The molecule has 0 bridgehead atoms. The molecule has 3 aromatic rings. The normalized spacial score (nSPS) is 13.0. The number of carbonyl (C=O) groups excluding carboxylic acids is 2. The van der Waals surface area contributed by atoms with E-state index in [9.17, 15) is 31.0 Å². The van der Waals surface area contributed by atoms with Crippen LogP contribution in [0.2, 0.25) is 0 Å². The number of rotatable bonds is 6. The van der Waals surface area contributed by atoms with E-state index in [0.29, 0.717) is 0 Å². The zero-order chi connectivity index (χ0) is 24.8. The number of sulfone groups is 1. The Morgan fingerprint density at radius 1 is 0.886 bits per heavy atom. The Balaban J connectivity index is 0.00000342. The smallest absolute Gasteiger partial charge is 0.744 e. The number of fused-ring (bicyclic) bond motifs is 2. The summed E-state index contributed by atoms with van der Waals surface area (Å²) in [5, 5.41) is 2.81. The maximum absolute atomic E-state index is 13.3. The second-order valence-corrected chi connectivity index (χ2v) is 11.2. The predicted octanol–water partition coefficient (Wildman–Crippen LogP) is -0.292. The van der Waals surface area contributed by atoms with Crippen LogP contribution in [0.25, 0.3) is 0 Å². The monoisotopic (exact) mass is 542 g/mol. The largest absolute Gasteiger partial charge is 1.00 e. The van der Waals surface area contributed by atoms with E-state index in [0.717, 1.165) is 6.07 Å². The van der Waals surface area contributed by atoms with Gasteiger partial charge in [-0.05, 0) is 30.3 Å². The second kappa shape index (κ2) is 10.0. The summed E-state index contributed by atoms with van der Waals surface area (Å²) in [4.78, 5) is 25.6. The summed E-state index contributed by atoms with van der Waals surface area (Å²) in [7, 11) is -8.69. The van der Waals surface area contributed by atoms with Crippen LogP contribution >= 0.6 is 11.6 Å². The fraction of sp³-hybridized carbons (Fsp3) is 0.0909. The molecule has 13 heteroatoms. The van der Waals surface area contributed by atoms with Gasteiger partial charge in [0.2, 0.25) is 0 Å². The molecule has 0 aromatic heterocycles. The van der Waals surface area contributed by atoms with E-state index in [1.165, 1.54) is 36.4 Å². The maximum atomic E-state index is 13.3. The summed E-state index contributed by atoms with van der Waals surface area (Å²) in [5.74, 6) is -1.62. The third kappa shape index (κ3) is 5.03. The third-order valence-corrected chi connectivity index (χ3v) is 8.33. The number of nitrogens with two attached hydrogens (primary N) is 1. The van der Waals surface area contributed by atoms with Crippen molar-refractivity contribution in [2.24, 2.45) is 0 Å². The molecule has 3 N–H and O–H groups in total. The molecule has 0 saturated carbocycles. The second-order valence-electron chi connectivity index (χ2n) is 7.40. The first-order valence-corrected chi connectivity index (χ1v) is 13.3. The Hall–Kier alpha value is -2.25. The Kier molecular flexibility index (Phi) is 7.82. The minimum absolute atomic E-state index is 0. The van der Waals surface area contributed by atoms with Crippen molar-refractivity contribution in [2.75, 3.05) is 22.7 Å². The van der Waals surface area contributed by atoms with Crippen molar-refractivity contribution in [1.82, 2.24) is 0 Å². The van der Waals surface area contributed by atoms with Crippen LogP contribution in [0.5, 0.6) is 0 Å². The first-order valence-electron chi connectivity index (χ1n) is 9.72. The molecule has 176 valence electrons. The molecule has 0 saturated heterocycles. The van der Waals surface area contributed by atoms with Gasteiger partial charge in [-0.2, -0.15) is 0 Å². The molecule has 0 radical (unpaired) electrons. The molecule has 1 aliphatic carbocycles. The SMILES string of the molecule is Nc1c(S(=O)(=O)[O-])cc(Nc2ccc(S(=O)(=O)CCCl)cc2)c2c1C(=O)c1ccccc1C2=O.[Na+]. The summed E-state index contributed by atoms with van der Waals surface area (Å²) < 4.78 is 59.9. The molecular formula is C22H16ClN2NaO7S2. The number of benzene rings is 3. The zero-order valence-electron chi connectivity index (χ0n) is 18.2. The van der Waals surface area contributed by atoms with Gasteiger partial charge in [0.05, 0.1) is 38.0 Å². The molecule has 1 aliphatic rings. The van der Waals surface area contributed by atoms with Crippen molar-refractivity contribution in [3.05, 3.63) is 76.9 Å². The van der Waals surface area contributed by atoms with Gasteiger partial charge in [-0.3, -0.25) is 9.59 Å². The van der Waals surface area contributed by atoms with Gasteiger partial charge >= 0.3 is 29.6 Å². The van der Waals surface area contributed by atoms with Crippen LogP contribution in [0, 0.1) is 0 Å². The number of nitrogen functional groups attached to an aromatic ring is 1. The molecule has 0 spiro atoms. The van der Waals surface area contributed by atoms with Crippen LogP contribution < -0.4 is 40.6 Å². The van der Waals surface area contributed by atoms with E-state index in [1.807, 2.05) is 0 Å². The number of carbonyl (C=O) groups is 2. The molecule has 3 aromatic carbocycles. The number of anilines is 3. The fourth-order valence-electron chi connectivity index (χ4n) is 3.72. The topological polar surface area (TPSA) is 164 Å². The van der Waals surface area contributed by atoms with Crippen LogP contribution in [0.15, 0.2) is 64.4 Å². The molecule has 0 fully saturated rings. The Bertz CT molecular complexity index is 1570. The molecule has 35 heavy (non-hydrogen) atoms. The molecule has 0 atom stereocenters. The number of ketones is 2. The Morgan fingerprint density at radius 3 is 1.94 bits per heavy atom. The fourth-order valence-corrected chi connectivity index (χ4v) is 5.95. The van der Waals surface area contributed by atoms with Gasteiger partial charge in [-0.1, -0.05) is 24.3 Å². The maximum Gasteiger partial charge on any atom is 1.00 e. The first-order chi connectivity index (χ1) is 16.0. The first kappa shape index (κ1) is 27.3. The van der Waals surface area contributed by atoms with Crippen molar-refractivity contribution < 1.29 is 60.5 Å². The van der Waals surface area contributed by atoms with Gasteiger partial charge in [0.1, 0.15) is 10.1 Å². The molecular weight excluding hydrogens is 527 g/mol. The van der Waals surface area contributed by atoms with E-state index in [-0.39, 0.29) is 79.7 Å². The summed E-state index contributed by atoms with van der Waals surface area (Å²) in [5.41, 5.74) is 4.99. The number of nitrogens with one attached hydrogen (secondary N) is 1. The van der Waals surface area contributed by atoms with Crippen LogP contribution in [-0.2, 0) is 20.0 Å². The standard InChI is InChI=1S/C22H17ClN2O7S2.Na/c23-9-10-33(28,29)13-7-5-12(6-8-13)25-16-11-17(34(30,31)32)20(24)19-18(16)21(26)14-3-1-2-4-15(14)22(19)27;/h1-8,11,25H,9-10,24H2,(H,30,31,32);/q;+1/p-1. The Morgan fingerprint density at radius 2 is 1.43 bits per heavy atom. The molecule has 0 unspecified atom stereocenters. The van der Waals surface area contributed by atoms with Crippen molar-refractivity contribution in [2.45, 2.75) is 9.79 Å². The van der Waals surface area contributed by atoms with E-state index in [4.69, 9.17) is 17.3 Å². The number of alkyl halides is 1. The van der Waals surface area contributed by atoms with Crippen LogP contribution in [-0.4, -0.2) is 44.6 Å². The number of halogens is 1.